The van der Waals surface area contributed by atoms with Gasteiger partial charge in [-0.15, -0.1) is 0 Å². The molecule has 0 saturated heterocycles. The lowest BCUT2D eigenvalue weighted by molar-refractivity contribution is 0.287. The van der Waals surface area contributed by atoms with Gasteiger partial charge in [-0.25, -0.2) is 0 Å². The van der Waals surface area contributed by atoms with Gasteiger partial charge in [0.15, 0.2) is 11.5 Å². The van der Waals surface area contributed by atoms with Crippen molar-refractivity contribution in [1.29, 1.82) is 5.26 Å². The van der Waals surface area contributed by atoms with Gasteiger partial charge >= 0.3 is 0 Å². The summed E-state index contributed by atoms with van der Waals surface area (Å²) in [4.78, 5) is 0. The molecule has 0 aliphatic carbocycles. The molecule has 0 aliphatic heterocycles. The third kappa shape index (κ3) is 5.28. The number of ether oxygens (including phenoxy) is 2. The van der Waals surface area contributed by atoms with Crippen molar-refractivity contribution in [3.63, 3.8) is 0 Å². The zero-order valence-electron chi connectivity index (χ0n) is 12.0. The van der Waals surface area contributed by atoms with Crippen molar-refractivity contribution < 1.29 is 9.47 Å². The first-order chi connectivity index (χ1) is 9.58. The van der Waals surface area contributed by atoms with E-state index in [0.717, 1.165) is 24.8 Å². The van der Waals surface area contributed by atoms with E-state index in [2.05, 4.69) is 6.07 Å². The first-order valence-electron chi connectivity index (χ1n) is 6.70. The van der Waals surface area contributed by atoms with E-state index < -0.39 is 0 Å². The van der Waals surface area contributed by atoms with Crippen LogP contribution in [0.2, 0.25) is 5.02 Å². The number of methoxy groups -OCH3 is 1. The van der Waals surface area contributed by atoms with Gasteiger partial charge in [-0.05, 0) is 43.9 Å². The molecule has 2 N–H and O–H groups in total. The lowest BCUT2D eigenvalue weighted by Crippen LogP contribution is -2.17. The van der Waals surface area contributed by atoms with Crippen LogP contribution in [0, 0.1) is 11.3 Å². The highest BCUT2D eigenvalue weighted by atomic mass is 35.5. The Balaban J connectivity index is 2.72. The molecule has 110 valence electrons. The Kier molecular flexibility index (Phi) is 7.21. The Labute approximate surface area is 125 Å². The second-order valence-electron chi connectivity index (χ2n) is 4.75. The molecule has 1 aromatic rings. The van der Waals surface area contributed by atoms with Crippen LogP contribution in [0.15, 0.2) is 12.1 Å². The van der Waals surface area contributed by atoms with Crippen molar-refractivity contribution in [1.82, 2.24) is 0 Å². The largest absolute Gasteiger partial charge is 0.493 e. The standard InChI is InChI=1S/C15H21ClN2O2/c1-11(18)8-12-9-13(16)15(14(10-12)19-2)20-7-5-3-4-6-17/h9-11H,3-5,7-8,18H2,1-2H3. The second-order valence-corrected chi connectivity index (χ2v) is 5.16. The minimum absolute atomic E-state index is 0.0634. The fourth-order valence-corrected chi connectivity index (χ4v) is 2.17. The predicted octanol–water partition coefficient (Wildman–Crippen LogP) is 3.31. The monoisotopic (exact) mass is 296 g/mol. The van der Waals surface area contributed by atoms with E-state index in [4.69, 9.17) is 32.1 Å². The third-order valence-electron chi connectivity index (χ3n) is 2.78. The SMILES string of the molecule is COc1cc(CC(C)N)cc(Cl)c1OCCCCC#N. The summed E-state index contributed by atoms with van der Waals surface area (Å²) in [6.45, 7) is 2.46. The number of rotatable bonds is 8. The van der Waals surface area contributed by atoms with E-state index in [1.807, 2.05) is 19.1 Å². The highest BCUT2D eigenvalue weighted by molar-refractivity contribution is 6.32. The van der Waals surface area contributed by atoms with E-state index in [-0.39, 0.29) is 6.04 Å². The Morgan fingerprint density at radius 3 is 2.75 bits per heavy atom. The van der Waals surface area contributed by atoms with Crippen LogP contribution < -0.4 is 15.2 Å². The highest BCUT2D eigenvalue weighted by Crippen LogP contribution is 2.36. The number of nitrogens with zero attached hydrogens (tertiary/aromatic N) is 1. The molecule has 0 aromatic heterocycles. The van der Waals surface area contributed by atoms with Crippen molar-refractivity contribution in [2.45, 2.75) is 38.6 Å². The summed E-state index contributed by atoms with van der Waals surface area (Å²) < 4.78 is 11.0. The molecule has 0 amide bonds. The summed E-state index contributed by atoms with van der Waals surface area (Å²) >= 11 is 6.24. The van der Waals surface area contributed by atoms with Crippen LogP contribution in [0.25, 0.3) is 0 Å². The highest BCUT2D eigenvalue weighted by Gasteiger charge is 2.12. The summed E-state index contributed by atoms with van der Waals surface area (Å²) in [5.41, 5.74) is 6.82. The molecule has 0 spiro atoms. The van der Waals surface area contributed by atoms with Crippen molar-refractivity contribution in [3.05, 3.63) is 22.7 Å². The summed E-state index contributed by atoms with van der Waals surface area (Å²) in [5, 5.41) is 9.00. The minimum atomic E-state index is 0.0634. The molecule has 0 saturated carbocycles. The van der Waals surface area contributed by atoms with Gasteiger partial charge in [-0.3, -0.25) is 0 Å². The Hall–Kier alpha value is -1.44. The Bertz CT molecular complexity index is 470. The molecule has 1 unspecified atom stereocenters. The molecule has 4 nitrogen and oxygen atoms in total. The summed E-state index contributed by atoms with van der Waals surface area (Å²) in [6, 6.07) is 5.93. The Morgan fingerprint density at radius 1 is 1.40 bits per heavy atom. The lowest BCUT2D eigenvalue weighted by atomic mass is 10.1. The number of unbranched alkanes of at least 4 members (excludes halogenated alkanes) is 2. The van der Waals surface area contributed by atoms with Gasteiger partial charge in [0.25, 0.3) is 0 Å². The maximum atomic E-state index is 8.47. The van der Waals surface area contributed by atoms with Gasteiger partial charge < -0.3 is 15.2 Å². The molecular formula is C15H21ClN2O2. The maximum Gasteiger partial charge on any atom is 0.179 e. The molecule has 0 radical (unpaired) electrons. The van der Waals surface area contributed by atoms with Crippen molar-refractivity contribution in [2.24, 2.45) is 5.73 Å². The summed E-state index contributed by atoms with van der Waals surface area (Å²) in [5.74, 6) is 1.17. The van der Waals surface area contributed by atoms with Gasteiger partial charge in [0.05, 0.1) is 24.8 Å². The van der Waals surface area contributed by atoms with E-state index in [1.165, 1.54) is 0 Å². The fourth-order valence-electron chi connectivity index (χ4n) is 1.88. The van der Waals surface area contributed by atoms with Gasteiger partial charge in [0, 0.05) is 12.5 Å². The normalized spacial score (nSPS) is 11.8. The quantitative estimate of drug-likeness (QED) is 0.747. The molecule has 1 atom stereocenters. The average molecular weight is 297 g/mol. The minimum Gasteiger partial charge on any atom is -0.493 e. The maximum absolute atomic E-state index is 8.47. The van der Waals surface area contributed by atoms with Gasteiger partial charge in [-0.2, -0.15) is 5.26 Å². The van der Waals surface area contributed by atoms with Crippen molar-refractivity contribution in [2.75, 3.05) is 13.7 Å². The molecule has 0 fully saturated rings. The topological polar surface area (TPSA) is 68.3 Å². The molecular weight excluding hydrogens is 276 g/mol. The smallest absolute Gasteiger partial charge is 0.179 e. The molecule has 1 rings (SSSR count). The number of benzene rings is 1. The zero-order chi connectivity index (χ0) is 15.0. The first kappa shape index (κ1) is 16.6. The van der Waals surface area contributed by atoms with Crippen LogP contribution in [-0.4, -0.2) is 19.8 Å². The fraction of sp³-hybridized carbons (Fsp3) is 0.533. The number of hydrogen-bond donors (Lipinski definition) is 1. The average Bonchev–Trinajstić information content (AvgIpc) is 2.39. The Morgan fingerprint density at radius 2 is 2.15 bits per heavy atom. The van der Waals surface area contributed by atoms with E-state index in [9.17, 15) is 0 Å². The third-order valence-corrected chi connectivity index (χ3v) is 3.06. The van der Waals surface area contributed by atoms with Gasteiger partial charge in [0.1, 0.15) is 0 Å². The van der Waals surface area contributed by atoms with Crippen molar-refractivity contribution >= 4 is 11.6 Å². The molecule has 1 aromatic carbocycles. The van der Waals surface area contributed by atoms with Crippen LogP contribution in [0.3, 0.4) is 0 Å². The number of nitrogens with two attached hydrogens (primary N) is 1. The van der Waals surface area contributed by atoms with Crippen molar-refractivity contribution in [3.8, 4) is 17.6 Å². The molecule has 20 heavy (non-hydrogen) atoms. The molecule has 0 bridgehead atoms. The zero-order valence-corrected chi connectivity index (χ0v) is 12.7. The number of halogens is 1. The lowest BCUT2D eigenvalue weighted by Gasteiger charge is -2.15. The van der Waals surface area contributed by atoms with Crippen LogP contribution in [-0.2, 0) is 6.42 Å². The van der Waals surface area contributed by atoms with E-state index >= 15 is 0 Å². The molecule has 0 heterocycles. The first-order valence-corrected chi connectivity index (χ1v) is 7.08. The van der Waals surface area contributed by atoms with Crippen LogP contribution in [0.1, 0.15) is 31.7 Å². The number of hydrogen-bond acceptors (Lipinski definition) is 4. The molecule has 0 aliphatic rings. The second kappa shape index (κ2) is 8.68. The van der Waals surface area contributed by atoms with Crippen LogP contribution >= 0.6 is 11.6 Å². The van der Waals surface area contributed by atoms with Crippen LogP contribution in [0.4, 0.5) is 0 Å². The number of nitriles is 1. The van der Waals surface area contributed by atoms with Gasteiger partial charge in [-0.1, -0.05) is 11.6 Å². The predicted molar refractivity (Wildman–Crippen MR) is 80.3 cm³/mol. The van der Waals surface area contributed by atoms with E-state index in [0.29, 0.717) is 29.5 Å². The molecule has 5 heteroatoms. The van der Waals surface area contributed by atoms with E-state index in [1.54, 1.807) is 7.11 Å². The summed E-state index contributed by atoms with van der Waals surface area (Å²) in [7, 11) is 1.59. The van der Waals surface area contributed by atoms with Gasteiger partial charge in [0.2, 0.25) is 0 Å². The summed E-state index contributed by atoms with van der Waals surface area (Å²) in [6.07, 6.45) is 2.91. The van der Waals surface area contributed by atoms with Crippen LogP contribution in [0.5, 0.6) is 11.5 Å².